The summed E-state index contributed by atoms with van der Waals surface area (Å²) in [6.45, 7) is 0. The molecule has 0 spiro atoms. The van der Waals surface area contributed by atoms with Gasteiger partial charge >= 0.3 is 12.4 Å². The number of nitrogens with zero attached hydrogens (tertiary/aromatic N) is 1. The van der Waals surface area contributed by atoms with Gasteiger partial charge in [0.1, 0.15) is 0 Å². The van der Waals surface area contributed by atoms with Crippen molar-refractivity contribution in [2.24, 2.45) is 0 Å². The van der Waals surface area contributed by atoms with Crippen LogP contribution >= 0.6 is 0 Å². The summed E-state index contributed by atoms with van der Waals surface area (Å²) in [7, 11) is 0. The zero-order valence-electron chi connectivity index (χ0n) is 28.1. The lowest BCUT2D eigenvalue weighted by atomic mass is 9.82. The fourth-order valence-corrected chi connectivity index (χ4v) is 7.82. The summed E-state index contributed by atoms with van der Waals surface area (Å²) in [5.74, 6) is 0. The van der Waals surface area contributed by atoms with Crippen molar-refractivity contribution in [1.82, 2.24) is 0 Å². The van der Waals surface area contributed by atoms with Gasteiger partial charge in [-0.05, 0) is 131 Å². The summed E-state index contributed by atoms with van der Waals surface area (Å²) in [6, 6.07) is 45.6. The van der Waals surface area contributed by atoms with E-state index >= 15 is 0 Å². The van der Waals surface area contributed by atoms with Crippen LogP contribution in [-0.4, -0.2) is 0 Å². The Balaban J connectivity index is 1.32. The van der Waals surface area contributed by atoms with Crippen LogP contribution in [0.3, 0.4) is 0 Å². The first-order valence-corrected chi connectivity index (χ1v) is 17.1. The Morgan fingerprint density at radius 2 is 0.889 bits per heavy atom. The van der Waals surface area contributed by atoms with E-state index in [0.717, 1.165) is 84.8 Å². The lowest BCUT2D eigenvalue weighted by molar-refractivity contribution is -0.138. The van der Waals surface area contributed by atoms with Gasteiger partial charge in [-0.3, -0.25) is 0 Å². The molecule has 0 fully saturated rings. The Morgan fingerprint density at radius 3 is 1.48 bits per heavy atom. The number of alkyl halides is 6. The highest BCUT2D eigenvalue weighted by atomic mass is 19.4. The van der Waals surface area contributed by atoms with E-state index in [1.807, 2.05) is 103 Å². The molecule has 0 N–H and O–H groups in total. The summed E-state index contributed by atoms with van der Waals surface area (Å²) in [5, 5.41) is 13.6. The number of fused-ring (bicyclic) bond motifs is 4. The van der Waals surface area contributed by atoms with E-state index in [0.29, 0.717) is 33.4 Å². The zero-order chi connectivity index (χ0) is 37.4. The number of hydrogen-bond donors (Lipinski definition) is 0. The third kappa shape index (κ3) is 5.41. The SMILES string of the molecule is N#Cc1cc(-c2ccc(-c3cc(-c4ccc(C(F)(F)F)cc4)c4c(c3-c3ccc(C(F)(F)F)cc3)-c3cccc5cccc-4c35)cc2)cc2ccccc12. The highest BCUT2D eigenvalue weighted by Gasteiger charge is 2.34. The summed E-state index contributed by atoms with van der Waals surface area (Å²) >= 11 is 0. The molecule has 1 nitrogen and oxygen atoms in total. The molecule has 0 aromatic heterocycles. The topological polar surface area (TPSA) is 23.8 Å². The van der Waals surface area contributed by atoms with Crippen LogP contribution in [0, 0.1) is 11.3 Å². The van der Waals surface area contributed by atoms with Crippen LogP contribution < -0.4 is 0 Å². The molecule has 1 aliphatic carbocycles. The quantitative estimate of drug-likeness (QED) is 0.166. The molecule has 0 saturated carbocycles. The van der Waals surface area contributed by atoms with Crippen LogP contribution in [0.4, 0.5) is 26.3 Å². The number of nitriles is 1. The molecule has 260 valence electrons. The molecule has 8 aromatic rings. The molecule has 1 aliphatic rings. The second-order valence-electron chi connectivity index (χ2n) is 13.4. The maximum atomic E-state index is 13.8. The molecule has 0 bridgehead atoms. The second-order valence-corrected chi connectivity index (χ2v) is 13.4. The Kier molecular flexibility index (Phi) is 7.51. The molecule has 7 heteroatoms. The van der Waals surface area contributed by atoms with Gasteiger partial charge < -0.3 is 0 Å². The van der Waals surface area contributed by atoms with Gasteiger partial charge in [0.15, 0.2) is 0 Å². The van der Waals surface area contributed by atoms with Gasteiger partial charge in [0.25, 0.3) is 0 Å². The minimum absolute atomic E-state index is 0.547. The summed E-state index contributed by atoms with van der Waals surface area (Å²) in [4.78, 5) is 0. The van der Waals surface area contributed by atoms with Crippen LogP contribution in [0.2, 0.25) is 0 Å². The highest BCUT2D eigenvalue weighted by molar-refractivity contribution is 6.22. The summed E-state index contributed by atoms with van der Waals surface area (Å²) in [6.07, 6.45) is -9.04. The van der Waals surface area contributed by atoms with Crippen molar-refractivity contribution in [1.29, 1.82) is 5.26 Å². The molecular formula is C47H25F6N. The normalized spacial score (nSPS) is 12.2. The molecule has 9 rings (SSSR count). The highest BCUT2D eigenvalue weighted by Crippen LogP contribution is 2.57. The molecular weight excluding hydrogens is 693 g/mol. The van der Waals surface area contributed by atoms with Gasteiger partial charge in [0.2, 0.25) is 0 Å². The lowest BCUT2D eigenvalue weighted by Gasteiger charge is -2.21. The summed E-state index contributed by atoms with van der Waals surface area (Å²) < 4.78 is 82.4. The monoisotopic (exact) mass is 717 g/mol. The number of benzene rings is 8. The van der Waals surface area contributed by atoms with Crippen molar-refractivity contribution in [3.8, 4) is 72.8 Å². The van der Waals surface area contributed by atoms with Gasteiger partial charge in [0.05, 0.1) is 22.8 Å². The van der Waals surface area contributed by atoms with E-state index in [2.05, 4.69) is 6.07 Å². The van der Waals surface area contributed by atoms with Gasteiger partial charge in [0, 0.05) is 0 Å². The van der Waals surface area contributed by atoms with E-state index in [-0.39, 0.29) is 0 Å². The molecule has 0 radical (unpaired) electrons. The van der Waals surface area contributed by atoms with Gasteiger partial charge in [-0.15, -0.1) is 0 Å². The van der Waals surface area contributed by atoms with Crippen molar-refractivity contribution in [2.75, 3.05) is 0 Å². The maximum Gasteiger partial charge on any atom is 0.416 e. The molecule has 0 unspecified atom stereocenters. The molecule has 54 heavy (non-hydrogen) atoms. The smallest absolute Gasteiger partial charge is 0.192 e. The molecule has 8 aromatic carbocycles. The second kappa shape index (κ2) is 12.2. The average Bonchev–Trinajstić information content (AvgIpc) is 3.52. The first kappa shape index (κ1) is 33.2. The molecule has 0 heterocycles. The van der Waals surface area contributed by atoms with E-state index in [4.69, 9.17) is 0 Å². The van der Waals surface area contributed by atoms with E-state index in [9.17, 15) is 31.6 Å². The van der Waals surface area contributed by atoms with E-state index < -0.39 is 23.5 Å². The van der Waals surface area contributed by atoms with Crippen LogP contribution in [0.1, 0.15) is 16.7 Å². The Labute approximate surface area is 306 Å². The van der Waals surface area contributed by atoms with Crippen LogP contribution in [-0.2, 0) is 12.4 Å². The zero-order valence-corrected chi connectivity index (χ0v) is 28.1. The van der Waals surface area contributed by atoms with E-state index in [1.54, 1.807) is 0 Å². The maximum absolute atomic E-state index is 13.8. The van der Waals surface area contributed by atoms with Gasteiger partial charge in [-0.1, -0.05) is 109 Å². The molecule has 0 saturated heterocycles. The number of halogens is 6. The van der Waals surface area contributed by atoms with Gasteiger partial charge in [-0.25, -0.2) is 0 Å². The Hall–Kier alpha value is -6.65. The molecule has 0 amide bonds. The Bertz CT molecular complexity index is 2820. The van der Waals surface area contributed by atoms with Gasteiger partial charge in [-0.2, -0.15) is 31.6 Å². The number of hydrogen-bond acceptors (Lipinski definition) is 1. The van der Waals surface area contributed by atoms with Crippen LogP contribution in [0.5, 0.6) is 0 Å². The van der Waals surface area contributed by atoms with Crippen LogP contribution in [0.15, 0.2) is 152 Å². The van der Waals surface area contributed by atoms with Crippen molar-refractivity contribution in [2.45, 2.75) is 12.4 Å². The minimum atomic E-state index is -4.53. The average molecular weight is 718 g/mol. The van der Waals surface area contributed by atoms with E-state index in [1.165, 1.54) is 24.3 Å². The predicted molar refractivity (Wildman–Crippen MR) is 202 cm³/mol. The lowest BCUT2D eigenvalue weighted by Crippen LogP contribution is -2.04. The van der Waals surface area contributed by atoms with Crippen molar-refractivity contribution in [3.05, 3.63) is 168 Å². The molecule has 0 atom stereocenters. The van der Waals surface area contributed by atoms with Crippen molar-refractivity contribution < 1.29 is 26.3 Å². The fraction of sp³-hybridized carbons (Fsp3) is 0.0426. The minimum Gasteiger partial charge on any atom is -0.192 e. The summed E-state index contributed by atoms with van der Waals surface area (Å²) in [5.41, 5.74) is 8.11. The number of rotatable bonds is 4. The Morgan fingerprint density at radius 1 is 0.389 bits per heavy atom. The standard InChI is InChI=1S/C47H25F6N/c48-46(49,50)35-19-15-29(16-20-35)41-25-40(28-13-11-27(12-14-28)33-23-32-5-1-2-8-37(32)34(24-33)26-54)43(31-17-21-36(22-18-31)47(51,52)53)45-39-10-4-7-30-6-3-9-38(42(30)39)44(41)45/h1-25H. The first-order chi connectivity index (χ1) is 26.0. The third-order valence-electron chi connectivity index (χ3n) is 10.3. The fourth-order valence-electron chi connectivity index (χ4n) is 7.82. The first-order valence-electron chi connectivity index (χ1n) is 17.1. The van der Waals surface area contributed by atoms with Crippen LogP contribution in [0.25, 0.3) is 88.3 Å². The van der Waals surface area contributed by atoms with Crippen molar-refractivity contribution in [3.63, 3.8) is 0 Å². The van der Waals surface area contributed by atoms with Crippen molar-refractivity contribution >= 4 is 21.5 Å². The predicted octanol–water partition coefficient (Wildman–Crippen LogP) is 14.2. The third-order valence-corrected chi connectivity index (χ3v) is 10.3. The molecule has 0 aliphatic heterocycles. The largest absolute Gasteiger partial charge is 0.416 e.